The molecule has 2 amide bonds. The molecule has 27 heteroatoms. The first-order valence-electron chi connectivity index (χ1n) is 25.1. The number of carbonyl (C=O) groups excluding carboxylic acids is 3. The molecule has 0 aliphatic carbocycles. The highest BCUT2D eigenvalue weighted by molar-refractivity contribution is 6.04. The molecule has 23 nitrogen and oxygen atoms in total. The maximum absolute atomic E-state index is 13.6. The van der Waals surface area contributed by atoms with Crippen LogP contribution in [-0.4, -0.2) is 184 Å². The monoisotopic (exact) mass is 1100 g/mol. The molecule has 77 heavy (non-hydrogen) atoms. The average Bonchev–Trinajstić information content (AvgIpc) is 3.59. The number of esters is 1. The summed E-state index contributed by atoms with van der Waals surface area (Å²) in [6, 6.07) is 1.74. The Bertz CT molecular complexity index is 2350. The van der Waals surface area contributed by atoms with Crippen molar-refractivity contribution in [1.82, 2.24) is 20.3 Å². The number of aromatic nitrogens is 3. The Hall–Kier alpha value is -5.85. The fraction of sp³-hybridized carbons (Fsp3) is 0.580. The van der Waals surface area contributed by atoms with Crippen LogP contribution in [0.15, 0.2) is 39.9 Å². The quantitative estimate of drug-likeness (QED) is 0.0184. The molecule has 428 valence electrons. The summed E-state index contributed by atoms with van der Waals surface area (Å²) in [5.74, 6) is -9.91. The van der Waals surface area contributed by atoms with Crippen molar-refractivity contribution >= 4 is 35.4 Å². The maximum atomic E-state index is 13.6. The number of H-pyrrole nitrogens is 2. The number of carbonyl (C=O) groups is 3. The second-order valence-electron chi connectivity index (χ2n) is 16.2. The molecule has 1 aromatic carbocycles. The molecule has 5 N–H and O–H groups in total. The molecule has 1 aliphatic heterocycles. The van der Waals surface area contributed by atoms with Gasteiger partial charge in [-0.2, -0.15) is 8.78 Å². The third-order valence-corrected chi connectivity index (χ3v) is 10.3. The van der Waals surface area contributed by atoms with Gasteiger partial charge < -0.3 is 68.1 Å². The number of nitrogens with zero attached hydrogens (tertiary/aromatic N) is 3. The van der Waals surface area contributed by atoms with Gasteiger partial charge in [0.15, 0.2) is 17.8 Å². The Labute approximate surface area is 442 Å². The van der Waals surface area contributed by atoms with Gasteiger partial charge in [-0.1, -0.05) is 6.92 Å². The van der Waals surface area contributed by atoms with Gasteiger partial charge in [0.2, 0.25) is 29.0 Å². The smallest absolute Gasteiger partial charge is 0.313 e. The highest BCUT2D eigenvalue weighted by Gasteiger charge is 2.26. The fourth-order valence-electron chi connectivity index (χ4n) is 6.53. The Morgan fingerprint density at radius 1 is 0.701 bits per heavy atom. The van der Waals surface area contributed by atoms with Crippen LogP contribution < -0.4 is 26.3 Å². The van der Waals surface area contributed by atoms with Gasteiger partial charge in [0.05, 0.1) is 169 Å². The fourth-order valence-corrected chi connectivity index (χ4v) is 6.53. The number of amides is 2. The van der Waals surface area contributed by atoms with Gasteiger partial charge in [-0.05, 0) is 19.4 Å². The number of rotatable bonds is 42. The number of nitrogens with one attached hydrogen (secondary N) is 3. The lowest BCUT2D eigenvalue weighted by Crippen LogP contribution is -2.34. The predicted molar refractivity (Wildman–Crippen MR) is 266 cm³/mol. The van der Waals surface area contributed by atoms with Crippen molar-refractivity contribution in [3.05, 3.63) is 75.1 Å². The summed E-state index contributed by atoms with van der Waals surface area (Å²) in [5, 5.41) is 4.01. The van der Waals surface area contributed by atoms with E-state index in [1.54, 1.807) is 18.3 Å². The van der Waals surface area contributed by atoms with Crippen LogP contribution in [0, 0.1) is 23.3 Å². The van der Waals surface area contributed by atoms with Crippen LogP contribution in [0.4, 0.5) is 23.2 Å². The normalized spacial score (nSPS) is 12.2. The van der Waals surface area contributed by atoms with Gasteiger partial charge in [0, 0.05) is 37.1 Å². The molecular formula is C50H70F4N7O16+. The molecule has 0 fully saturated rings. The molecule has 0 unspecified atom stereocenters. The molecule has 0 atom stereocenters. The van der Waals surface area contributed by atoms with Crippen LogP contribution in [0.3, 0.4) is 0 Å². The number of pyridine rings is 1. The van der Waals surface area contributed by atoms with Gasteiger partial charge in [-0.15, -0.1) is 0 Å². The lowest BCUT2D eigenvalue weighted by Gasteiger charge is -2.21. The van der Waals surface area contributed by atoms with Gasteiger partial charge in [-0.3, -0.25) is 29.0 Å². The number of hydrogen-bond acceptors (Lipinski definition) is 19. The van der Waals surface area contributed by atoms with Crippen LogP contribution in [-0.2, 0) is 73.1 Å². The first-order chi connectivity index (χ1) is 37.4. The standard InChI is InChI=1S/C50H69F4N7O16/c1-3-7-61(76-4-2)50(65)35-28-39-40(59-43(55)30-35)29-36(32-56-39)41-33-57-42(49(64)60-41)34-58-44(62)5-8-66-10-12-68-14-16-70-18-20-72-22-24-74-26-27-75-25-23-73-21-19-71-17-15-69-13-11-67-9-6-45(63)77-48-46(53)37(51)31-38(52)47(48)54/h28-29,31-33H,3-27,30,34H2,1-2H3,(H2,55,59)(H,58,62)(H,60,64)/p+1. The van der Waals surface area contributed by atoms with Crippen molar-refractivity contribution in [2.24, 2.45) is 10.7 Å². The molecular weight excluding hydrogens is 1030 g/mol. The SMILES string of the molecule is CCCN(OCC)C(=O)C1=Cc2[nH+]cc(-c3cnc(CNC(=O)CCOCCOCCOCCOCCOCCOCCOCCOCCOCCOCCC(=O)Oc4c(F)c(F)cc(F)c4F)c(=O)[nH]3)cc2N=C(N)C1. The van der Waals surface area contributed by atoms with Gasteiger partial charge in [0.1, 0.15) is 17.2 Å². The number of benzene rings is 1. The van der Waals surface area contributed by atoms with E-state index < -0.39 is 47.0 Å². The van der Waals surface area contributed by atoms with Crippen LogP contribution in [0.2, 0.25) is 0 Å². The van der Waals surface area contributed by atoms with E-state index in [4.69, 9.17) is 57.9 Å². The van der Waals surface area contributed by atoms with Crippen LogP contribution in [0.25, 0.3) is 17.3 Å². The number of aromatic amines is 2. The van der Waals surface area contributed by atoms with Crippen LogP contribution in [0.5, 0.6) is 5.75 Å². The van der Waals surface area contributed by atoms with Crippen LogP contribution in [0.1, 0.15) is 50.9 Å². The highest BCUT2D eigenvalue weighted by Crippen LogP contribution is 2.29. The molecule has 0 saturated heterocycles. The molecule has 3 aromatic rings. The molecule has 0 radical (unpaired) electrons. The number of nitrogens with two attached hydrogens (primary N) is 1. The zero-order valence-corrected chi connectivity index (χ0v) is 43.4. The van der Waals surface area contributed by atoms with E-state index >= 15 is 0 Å². The maximum Gasteiger partial charge on any atom is 0.313 e. The average molecular weight is 1100 g/mol. The summed E-state index contributed by atoms with van der Waals surface area (Å²) in [5.41, 5.74) is 8.30. The Balaban J connectivity index is 0.868. The number of ether oxygens (including phenoxy) is 11. The summed E-state index contributed by atoms with van der Waals surface area (Å²) in [4.78, 5) is 70.4. The summed E-state index contributed by atoms with van der Waals surface area (Å²) in [6.45, 7) is 10.6. The predicted octanol–water partition coefficient (Wildman–Crippen LogP) is 2.94. The van der Waals surface area contributed by atoms with E-state index in [0.717, 1.165) is 6.42 Å². The first-order valence-corrected chi connectivity index (χ1v) is 25.1. The molecule has 0 spiro atoms. The van der Waals surface area contributed by atoms with E-state index in [2.05, 4.69) is 30.0 Å². The Morgan fingerprint density at radius 2 is 1.18 bits per heavy atom. The van der Waals surface area contributed by atoms with Crippen molar-refractivity contribution in [2.45, 2.75) is 46.1 Å². The van der Waals surface area contributed by atoms with Crippen LogP contribution >= 0.6 is 0 Å². The number of fused-ring (bicyclic) bond motifs is 1. The zero-order valence-electron chi connectivity index (χ0n) is 43.4. The molecule has 1 aliphatic rings. The molecule has 4 rings (SSSR count). The van der Waals surface area contributed by atoms with E-state index in [9.17, 15) is 36.7 Å². The zero-order chi connectivity index (χ0) is 55.5. The third-order valence-electron chi connectivity index (χ3n) is 10.3. The van der Waals surface area contributed by atoms with E-state index in [0.29, 0.717) is 134 Å². The first kappa shape index (κ1) is 63.7. The second-order valence-corrected chi connectivity index (χ2v) is 16.2. The van der Waals surface area contributed by atoms with Crippen molar-refractivity contribution in [3.63, 3.8) is 0 Å². The minimum absolute atomic E-state index is 0.0113. The number of aliphatic imine (C=N–C) groups is 1. The Kier molecular flexibility index (Phi) is 31.3. The van der Waals surface area contributed by atoms with E-state index in [1.807, 2.05) is 13.8 Å². The third kappa shape index (κ3) is 25.0. The minimum Gasteiger partial charge on any atom is -0.420 e. The van der Waals surface area contributed by atoms with Crippen molar-refractivity contribution in [2.75, 3.05) is 145 Å². The second kappa shape index (κ2) is 37.8. The summed E-state index contributed by atoms with van der Waals surface area (Å²) in [7, 11) is 0. The highest BCUT2D eigenvalue weighted by atomic mass is 19.2. The number of amidine groups is 1. The topological polar surface area (TPSA) is 276 Å². The Morgan fingerprint density at radius 3 is 1.65 bits per heavy atom. The largest absolute Gasteiger partial charge is 0.420 e. The van der Waals surface area contributed by atoms with Gasteiger partial charge >= 0.3 is 5.97 Å². The molecule has 0 saturated carbocycles. The minimum atomic E-state index is -1.80. The van der Waals surface area contributed by atoms with Gasteiger partial charge in [0.25, 0.3) is 11.5 Å². The molecule has 0 bridgehead atoms. The van der Waals surface area contributed by atoms with E-state index in [-0.39, 0.29) is 88.4 Å². The van der Waals surface area contributed by atoms with Gasteiger partial charge in [-0.25, -0.2) is 23.8 Å². The molecule has 3 heterocycles. The lowest BCUT2D eigenvalue weighted by molar-refractivity contribution is -0.379. The summed E-state index contributed by atoms with van der Waals surface area (Å²) in [6.07, 6.45) is 5.38. The summed E-state index contributed by atoms with van der Waals surface area (Å²) < 4.78 is 112. The van der Waals surface area contributed by atoms with Crippen molar-refractivity contribution in [1.29, 1.82) is 0 Å². The van der Waals surface area contributed by atoms with Crippen molar-refractivity contribution < 1.29 is 93.9 Å². The molecule has 2 aromatic heterocycles. The van der Waals surface area contributed by atoms with Crippen molar-refractivity contribution in [3.8, 4) is 17.0 Å². The lowest BCUT2D eigenvalue weighted by atomic mass is 10.1. The summed E-state index contributed by atoms with van der Waals surface area (Å²) >= 11 is 0. The number of halogens is 4. The number of hydrogen-bond donors (Lipinski definition) is 3. The van der Waals surface area contributed by atoms with E-state index in [1.165, 1.54) is 11.3 Å². The number of hydroxylamine groups is 2.